The Morgan fingerprint density at radius 2 is 1.95 bits per heavy atom. The van der Waals surface area contributed by atoms with Crippen LogP contribution in [0.3, 0.4) is 0 Å². The lowest BCUT2D eigenvalue weighted by Crippen LogP contribution is -2.26. The van der Waals surface area contributed by atoms with E-state index in [0.717, 1.165) is 19.4 Å². The van der Waals surface area contributed by atoms with Crippen LogP contribution in [0, 0.1) is 0 Å². The maximum absolute atomic E-state index is 11.7. The highest BCUT2D eigenvalue weighted by Crippen LogP contribution is 2.00. The maximum atomic E-state index is 11.7. The molecule has 104 valence electrons. The normalized spacial score (nSPS) is 10.5. The monoisotopic (exact) mass is 265 g/mol. The number of amides is 1. The Morgan fingerprint density at radius 3 is 2.58 bits per heavy atom. The summed E-state index contributed by atoms with van der Waals surface area (Å²) in [7, 11) is 4.00. The fourth-order valence-corrected chi connectivity index (χ4v) is 1.53. The van der Waals surface area contributed by atoms with Crippen LogP contribution in [-0.2, 0) is 0 Å². The van der Waals surface area contributed by atoms with Gasteiger partial charge in [0.1, 0.15) is 11.4 Å². The highest BCUT2D eigenvalue weighted by molar-refractivity contribution is 5.94. The topological polar surface area (TPSA) is 82.5 Å². The molecule has 0 aliphatic rings. The lowest BCUT2D eigenvalue weighted by Gasteiger charge is -2.09. The molecule has 6 nitrogen and oxygen atoms in total. The Morgan fingerprint density at radius 1 is 1.26 bits per heavy atom. The number of pyridine rings is 1. The van der Waals surface area contributed by atoms with Gasteiger partial charge in [0.05, 0.1) is 0 Å². The van der Waals surface area contributed by atoms with Crippen LogP contribution in [0.4, 0.5) is 0 Å². The van der Waals surface area contributed by atoms with Crippen molar-refractivity contribution in [1.29, 1.82) is 0 Å². The van der Waals surface area contributed by atoms with E-state index in [2.05, 4.69) is 15.2 Å². The summed E-state index contributed by atoms with van der Waals surface area (Å²) >= 11 is 0. The minimum Gasteiger partial charge on any atom is -0.477 e. The average molecular weight is 265 g/mol. The molecule has 0 aromatic carbocycles. The van der Waals surface area contributed by atoms with Crippen molar-refractivity contribution in [2.45, 2.75) is 12.8 Å². The standard InChI is InChI=1S/C13H19N3O3/c1-16(2)9-4-3-8-14-12(17)10-6-5-7-11(15-10)13(18)19/h5-7H,3-4,8-9H2,1-2H3,(H,14,17)(H,18,19). The largest absolute Gasteiger partial charge is 0.477 e. The Hall–Kier alpha value is -1.95. The zero-order valence-electron chi connectivity index (χ0n) is 11.2. The molecule has 0 fully saturated rings. The molecule has 0 radical (unpaired) electrons. The Kier molecular flexibility index (Phi) is 5.95. The molecule has 1 aromatic rings. The van der Waals surface area contributed by atoms with E-state index in [1.165, 1.54) is 18.2 Å². The number of aromatic nitrogens is 1. The number of hydrogen-bond donors (Lipinski definition) is 2. The third kappa shape index (κ3) is 5.48. The smallest absolute Gasteiger partial charge is 0.354 e. The molecule has 1 rings (SSSR count). The van der Waals surface area contributed by atoms with Crippen LogP contribution in [0.1, 0.15) is 33.8 Å². The molecule has 1 aromatic heterocycles. The molecular formula is C13H19N3O3. The van der Waals surface area contributed by atoms with Crippen LogP contribution < -0.4 is 5.32 Å². The van der Waals surface area contributed by atoms with Gasteiger partial charge in [-0.3, -0.25) is 4.79 Å². The second-order valence-electron chi connectivity index (χ2n) is 4.48. The van der Waals surface area contributed by atoms with Crippen molar-refractivity contribution >= 4 is 11.9 Å². The van der Waals surface area contributed by atoms with Gasteiger partial charge in [0.2, 0.25) is 0 Å². The number of unbranched alkanes of at least 4 members (excludes halogenated alkanes) is 1. The van der Waals surface area contributed by atoms with Gasteiger partial charge in [-0.1, -0.05) is 6.07 Å². The number of carbonyl (C=O) groups excluding carboxylic acids is 1. The van der Waals surface area contributed by atoms with Crippen molar-refractivity contribution < 1.29 is 14.7 Å². The number of carboxylic acid groups (broad SMARTS) is 1. The second-order valence-corrected chi connectivity index (χ2v) is 4.48. The molecule has 0 saturated heterocycles. The Bertz CT molecular complexity index is 447. The van der Waals surface area contributed by atoms with Gasteiger partial charge in [0, 0.05) is 6.54 Å². The second kappa shape index (κ2) is 7.48. The van der Waals surface area contributed by atoms with E-state index >= 15 is 0 Å². The minimum atomic E-state index is -1.14. The predicted octanol–water partition coefficient (Wildman–Crippen LogP) is 0.851. The van der Waals surface area contributed by atoms with E-state index in [0.29, 0.717) is 6.54 Å². The van der Waals surface area contributed by atoms with Crippen LogP contribution in [0.5, 0.6) is 0 Å². The third-order valence-electron chi connectivity index (χ3n) is 2.52. The van der Waals surface area contributed by atoms with Crippen molar-refractivity contribution in [3.05, 3.63) is 29.6 Å². The fraction of sp³-hybridized carbons (Fsp3) is 0.462. The van der Waals surface area contributed by atoms with Crippen LogP contribution in [0.25, 0.3) is 0 Å². The van der Waals surface area contributed by atoms with Crippen LogP contribution in [-0.4, -0.2) is 54.1 Å². The molecule has 19 heavy (non-hydrogen) atoms. The summed E-state index contributed by atoms with van der Waals surface area (Å²) in [4.78, 5) is 28.3. The summed E-state index contributed by atoms with van der Waals surface area (Å²) < 4.78 is 0. The van der Waals surface area contributed by atoms with E-state index in [1.54, 1.807) is 0 Å². The molecule has 1 heterocycles. The molecule has 0 unspecified atom stereocenters. The number of rotatable bonds is 7. The van der Waals surface area contributed by atoms with E-state index in [9.17, 15) is 9.59 Å². The summed E-state index contributed by atoms with van der Waals surface area (Å²) in [5.74, 6) is -1.48. The Balaban J connectivity index is 2.41. The number of nitrogens with one attached hydrogen (secondary N) is 1. The fourth-order valence-electron chi connectivity index (χ4n) is 1.53. The van der Waals surface area contributed by atoms with E-state index in [4.69, 9.17) is 5.11 Å². The van der Waals surface area contributed by atoms with Crippen LogP contribution in [0.15, 0.2) is 18.2 Å². The van der Waals surface area contributed by atoms with Crippen LogP contribution >= 0.6 is 0 Å². The summed E-state index contributed by atoms with van der Waals surface area (Å²) in [6, 6.07) is 4.37. The molecule has 0 aliphatic carbocycles. The first-order valence-corrected chi connectivity index (χ1v) is 6.14. The lowest BCUT2D eigenvalue weighted by atomic mass is 10.2. The molecular weight excluding hydrogens is 246 g/mol. The maximum Gasteiger partial charge on any atom is 0.354 e. The molecule has 0 saturated carbocycles. The number of hydrogen-bond acceptors (Lipinski definition) is 4. The van der Waals surface area contributed by atoms with Gasteiger partial charge in [-0.2, -0.15) is 0 Å². The molecule has 0 bridgehead atoms. The lowest BCUT2D eigenvalue weighted by molar-refractivity contribution is 0.0690. The number of aromatic carboxylic acids is 1. The zero-order valence-corrected chi connectivity index (χ0v) is 11.2. The van der Waals surface area contributed by atoms with Gasteiger partial charge in [0.25, 0.3) is 5.91 Å². The molecule has 0 atom stereocenters. The summed E-state index contributed by atoms with van der Waals surface area (Å²) in [5.41, 5.74) is 0.00719. The number of nitrogens with zero attached hydrogens (tertiary/aromatic N) is 2. The molecule has 2 N–H and O–H groups in total. The first-order chi connectivity index (χ1) is 9.00. The number of carboxylic acids is 1. The third-order valence-corrected chi connectivity index (χ3v) is 2.52. The molecule has 0 aliphatic heterocycles. The first kappa shape index (κ1) is 15.1. The Labute approximate surface area is 112 Å². The van der Waals surface area contributed by atoms with Crippen molar-refractivity contribution in [3.63, 3.8) is 0 Å². The van der Waals surface area contributed by atoms with E-state index in [-0.39, 0.29) is 17.3 Å². The van der Waals surface area contributed by atoms with Gasteiger partial charge in [-0.05, 0) is 45.6 Å². The predicted molar refractivity (Wildman–Crippen MR) is 71.3 cm³/mol. The average Bonchev–Trinajstić information content (AvgIpc) is 2.37. The van der Waals surface area contributed by atoms with Crippen molar-refractivity contribution in [2.24, 2.45) is 0 Å². The van der Waals surface area contributed by atoms with E-state index < -0.39 is 5.97 Å². The van der Waals surface area contributed by atoms with E-state index in [1.807, 2.05) is 14.1 Å². The van der Waals surface area contributed by atoms with Crippen molar-refractivity contribution in [2.75, 3.05) is 27.2 Å². The highest BCUT2D eigenvalue weighted by Gasteiger charge is 2.10. The van der Waals surface area contributed by atoms with Gasteiger partial charge in [0.15, 0.2) is 0 Å². The SMILES string of the molecule is CN(C)CCCCNC(=O)c1cccc(C(=O)O)n1. The van der Waals surface area contributed by atoms with Crippen molar-refractivity contribution in [1.82, 2.24) is 15.2 Å². The molecule has 1 amide bonds. The van der Waals surface area contributed by atoms with Crippen molar-refractivity contribution in [3.8, 4) is 0 Å². The first-order valence-electron chi connectivity index (χ1n) is 6.14. The summed E-state index contributed by atoms with van der Waals surface area (Å²) in [6.07, 6.45) is 1.87. The van der Waals surface area contributed by atoms with Gasteiger partial charge in [-0.15, -0.1) is 0 Å². The van der Waals surface area contributed by atoms with Crippen LogP contribution in [0.2, 0.25) is 0 Å². The molecule has 6 heteroatoms. The molecule has 0 spiro atoms. The van der Waals surface area contributed by atoms with Gasteiger partial charge >= 0.3 is 5.97 Å². The summed E-state index contributed by atoms with van der Waals surface area (Å²) in [5, 5.41) is 11.5. The number of carbonyl (C=O) groups is 2. The minimum absolute atomic E-state index is 0.125. The van der Waals surface area contributed by atoms with Gasteiger partial charge < -0.3 is 15.3 Å². The zero-order chi connectivity index (χ0) is 14.3. The van der Waals surface area contributed by atoms with Gasteiger partial charge in [-0.25, -0.2) is 9.78 Å². The summed E-state index contributed by atoms with van der Waals surface area (Å²) in [6.45, 7) is 1.54. The quantitative estimate of drug-likeness (QED) is 0.714. The highest BCUT2D eigenvalue weighted by atomic mass is 16.4.